The number of hydrogen-bond donors (Lipinski definition) is 0. The second kappa shape index (κ2) is 12.1. The van der Waals surface area contributed by atoms with Gasteiger partial charge in [0.25, 0.3) is 0 Å². The topological polar surface area (TPSA) is 69.0 Å². The molecule has 0 amide bonds. The van der Waals surface area contributed by atoms with Crippen LogP contribution < -0.4 is 4.74 Å². The predicted molar refractivity (Wildman–Crippen MR) is 154 cm³/mol. The van der Waals surface area contributed by atoms with Gasteiger partial charge in [-0.1, -0.05) is 32.0 Å². The second-order valence-electron chi connectivity index (χ2n) is 8.92. The third-order valence-electron chi connectivity index (χ3n) is 6.04. The quantitative estimate of drug-likeness (QED) is 0.132. The Labute approximate surface area is 234 Å². The highest BCUT2D eigenvalue weighted by Crippen LogP contribution is 2.35. The van der Waals surface area contributed by atoms with E-state index >= 15 is 0 Å². The van der Waals surface area contributed by atoms with Gasteiger partial charge in [0.05, 0.1) is 25.2 Å². The van der Waals surface area contributed by atoms with E-state index in [9.17, 15) is 9.59 Å². The lowest BCUT2D eigenvalue weighted by atomic mass is 9.86. The summed E-state index contributed by atoms with van der Waals surface area (Å²) in [6.45, 7) is 11.2. The van der Waals surface area contributed by atoms with Crippen molar-refractivity contribution in [3.63, 3.8) is 0 Å². The van der Waals surface area contributed by atoms with Gasteiger partial charge < -0.3 is 18.8 Å². The number of ketones is 1. The number of carbonyl (C=O) groups is 2. The van der Waals surface area contributed by atoms with Crippen LogP contribution in [0.1, 0.15) is 49.4 Å². The van der Waals surface area contributed by atoms with E-state index in [4.69, 9.17) is 13.9 Å². The number of halogens is 2. The highest BCUT2D eigenvalue weighted by Gasteiger charge is 2.34. The first kappa shape index (κ1) is 27.9. The molecule has 1 aromatic heterocycles. The largest absolute Gasteiger partial charge is 0.490 e. The Kier molecular flexibility index (Phi) is 9.61. The molecule has 1 heterocycles. The van der Waals surface area contributed by atoms with Gasteiger partial charge in [-0.15, -0.1) is 0 Å². The monoisotopic (exact) mass is 703 g/mol. The van der Waals surface area contributed by atoms with Gasteiger partial charge in [0.15, 0.2) is 5.78 Å². The summed E-state index contributed by atoms with van der Waals surface area (Å²) >= 11 is 4.44. The molecule has 0 bridgehead atoms. The zero-order valence-corrected chi connectivity index (χ0v) is 25.1. The Morgan fingerprint density at radius 1 is 1.06 bits per heavy atom. The van der Waals surface area contributed by atoms with Gasteiger partial charge in [-0.2, -0.15) is 0 Å². The summed E-state index contributed by atoms with van der Waals surface area (Å²) in [7, 11) is 1.37. The van der Waals surface area contributed by atoms with Crippen molar-refractivity contribution in [2.75, 3.05) is 33.4 Å². The van der Waals surface area contributed by atoms with Crippen molar-refractivity contribution in [3.05, 3.63) is 60.4 Å². The molecule has 0 aliphatic rings. The molecular formula is C27H31I2NO5. The fraction of sp³-hybridized carbons (Fsp3) is 0.407. The van der Waals surface area contributed by atoms with Crippen molar-refractivity contribution in [1.82, 2.24) is 4.90 Å². The number of furan rings is 1. The minimum atomic E-state index is -0.844. The molecule has 2 aromatic carbocycles. The van der Waals surface area contributed by atoms with Crippen LogP contribution in [0, 0.1) is 12.6 Å². The Bertz CT molecular complexity index is 1190. The average Bonchev–Trinajstić information content (AvgIpc) is 3.19. The summed E-state index contributed by atoms with van der Waals surface area (Å²) in [4.78, 5) is 28.5. The number of nitrogens with zero attached hydrogens (tertiary/aromatic N) is 1. The number of likely N-dealkylation sites (N-methyl/N-ethyl adjacent to an activating group) is 1. The molecule has 0 atom stereocenters. The van der Waals surface area contributed by atoms with Crippen LogP contribution in [-0.4, -0.2) is 50.0 Å². The molecule has 3 aromatic rings. The van der Waals surface area contributed by atoms with E-state index in [1.54, 1.807) is 13.8 Å². The highest BCUT2D eigenvalue weighted by atomic mass is 127. The molecule has 0 spiro atoms. The first-order chi connectivity index (χ1) is 16.6. The molecular weight excluding hydrogens is 672 g/mol. The van der Waals surface area contributed by atoms with Crippen LogP contribution in [0.2, 0.25) is 0 Å². The molecule has 3 rings (SSSR count). The normalized spacial score (nSPS) is 11.8. The Balaban J connectivity index is 1.96. The number of fused-ring (bicyclic) bond motifs is 1. The molecule has 188 valence electrons. The van der Waals surface area contributed by atoms with Crippen LogP contribution >= 0.6 is 45.2 Å². The van der Waals surface area contributed by atoms with Crippen LogP contribution in [0.3, 0.4) is 0 Å². The maximum absolute atomic E-state index is 13.8. The Morgan fingerprint density at radius 3 is 2.29 bits per heavy atom. The fourth-order valence-electron chi connectivity index (χ4n) is 4.01. The second-order valence-corrected chi connectivity index (χ2v) is 11.2. The minimum Gasteiger partial charge on any atom is -0.490 e. The number of para-hydroxylation sites is 1. The van der Waals surface area contributed by atoms with E-state index in [-0.39, 0.29) is 18.2 Å². The zero-order chi connectivity index (χ0) is 25.8. The summed E-state index contributed by atoms with van der Waals surface area (Å²) in [5.41, 5.74) is 0.813. The minimum absolute atomic E-state index is 0.142. The smallest absolute Gasteiger partial charge is 0.311 e. The molecule has 0 saturated heterocycles. The van der Waals surface area contributed by atoms with Crippen molar-refractivity contribution in [2.24, 2.45) is 5.41 Å². The molecule has 0 aliphatic carbocycles. The lowest BCUT2D eigenvalue weighted by Gasteiger charge is -2.20. The zero-order valence-electron chi connectivity index (χ0n) is 20.7. The van der Waals surface area contributed by atoms with Gasteiger partial charge in [0.2, 0.25) is 0 Å². The van der Waals surface area contributed by atoms with Crippen LogP contribution in [0.15, 0.2) is 40.8 Å². The van der Waals surface area contributed by atoms with E-state index in [0.29, 0.717) is 29.1 Å². The molecule has 0 saturated carbocycles. The highest BCUT2D eigenvalue weighted by molar-refractivity contribution is 14.1. The van der Waals surface area contributed by atoms with Gasteiger partial charge >= 0.3 is 5.97 Å². The molecule has 35 heavy (non-hydrogen) atoms. The van der Waals surface area contributed by atoms with Gasteiger partial charge in [0.1, 0.15) is 23.7 Å². The molecule has 8 heteroatoms. The predicted octanol–water partition coefficient (Wildman–Crippen LogP) is 6.34. The third-order valence-corrected chi connectivity index (χ3v) is 7.65. The number of benzene rings is 2. The van der Waals surface area contributed by atoms with E-state index in [2.05, 4.69) is 63.9 Å². The fourth-order valence-corrected chi connectivity index (χ4v) is 6.09. The SMILES string of the molecule is CCN(CC)CCOc1c(I)cc(C(=O)c2c(CC(C)(C)C(=O)OC)oc3ccccc23)cc1I. The molecule has 6 nitrogen and oxygen atoms in total. The van der Waals surface area contributed by atoms with Crippen molar-refractivity contribution in [3.8, 4) is 5.75 Å². The number of carbonyl (C=O) groups excluding carboxylic acids is 2. The van der Waals surface area contributed by atoms with E-state index in [1.165, 1.54) is 7.11 Å². The molecule has 0 unspecified atom stereocenters. The van der Waals surface area contributed by atoms with Gasteiger partial charge in [-0.05, 0) is 90.3 Å². The van der Waals surface area contributed by atoms with Crippen LogP contribution in [0.25, 0.3) is 11.0 Å². The lowest BCUT2D eigenvalue weighted by molar-refractivity contribution is -0.150. The van der Waals surface area contributed by atoms with Crippen molar-refractivity contribution >= 4 is 67.9 Å². The number of rotatable bonds is 11. The van der Waals surface area contributed by atoms with Gasteiger partial charge in [-0.3, -0.25) is 9.59 Å². The molecule has 0 radical (unpaired) electrons. The number of hydrogen-bond acceptors (Lipinski definition) is 6. The van der Waals surface area contributed by atoms with Crippen LogP contribution in [0.4, 0.5) is 0 Å². The number of esters is 1. The van der Waals surface area contributed by atoms with Crippen molar-refractivity contribution in [1.29, 1.82) is 0 Å². The van der Waals surface area contributed by atoms with Crippen LogP contribution in [-0.2, 0) is 16.0 Å². The van der Waals surface area contributed by atoms with Gasteiger partial charge in [0, 0.05) is 23.9 Å². The summed E-state index contributed by atoms with van der Waals surface area (Å²) in [5, 5.41) is 0.734. The first-order valence-corrected chi connectivity index (χ1v) is 13.8. The van der Waals surface area contributed by atoms with Gasteiger partial charge in [-0.25, -0.2) is 0 Å². The molecule has 0 aliphatic heterocycles. The number of ether oxygens (including phenoxy) is 2. The molecule has 0 N–H and O–H groups in total. The summed E-state index contributed by atoms with van der Waals surface area (Å²) in [6.07, 6.45) is 0.246. The van der Waals surface area contributed by atoms with E-state index in [1.807, 2.05) is 36.4 Å². The van der Waals surface area contributed by atoms with Crippen molar-refractivity contribution in [2.45, 2.75) is 34.1 Å². The van der Waals surface area contributed by atoms with E-state index < -0.39 is 5.41 Å². The number of methoxy groups -OCH3 is 1. The third kappa shape index (κ3) is 6.37. The van der Waals surface area contributed by atoms with E-state index in [0.717, 1.165) is 37.9 Å². The van der Waals surface area contributed by atoms with Crippen molar-refractivity contribution < 1.29 is 23.5 Å². The summed E-state index contributed by atoms with van der Waals surface area (Å²) in [6, 6.07) is 11.2. The summed E-state index contributed by atoms with van der Waals surface area (Å²) < 4.78 is 18.9. The lowest BCUT2D eigenvalue weighted by Crippen LogP contribution is -2.28. The Hall–Kier alpha value is -1.66. The first-order valence-electron chi connectivity index (χ1n) is 11.6. The average molecular weight is 703 g/mol. The maximum atomic E-state index is 13.8. The Morgan fingerprint density at radius 2 is 1.69 bits per heavy atom. The standard InChI is InChI=1S/C27H31I2NO5/c1-6-30(7-2)12-13-34-25-19(28)14-17(15-20(25)29)24(31)23-18-10-8-9-11-21(18)35-22(23)16-27(3,4)26(32)33-5/h8-11,14-15H,6-7,12-13,16H2,1-5H3. The molecule has 0 fully saturated rings. The summed E-state index contributed by atoms with van der Waals surface area (Å²) in [5.74, 6) is 0.776. The maximum Gasteiger partial charge on any atom is 0.311 e. The van der Waals surface area contributed by atoms with Crippen LogP contribution in [0.5, 0.6) is 5.75 Å².